The van der Waals surface area contributed by atoms with Crippen molar-refractivity contribution in [3.05, 3.63) is 22.8 Å². The molecular formula is C13H14Cl2N2O2. The Morgan fingerprint density at radius 2 is 2.21 bits per heavy atom. The summed E-state index contributed by atoms with van der Waals surface area (Å²) in [6.45, 7) is 2.05. The van der Waals surface area contributed by atoms with Crippen LogP contribution in [0.4, 0.5) is 5.82 Å². The first-order valence-electron chi connectivity index (χ1n) is 6.05. The highest BCUT2D eigenvalue weighted by Crippen LogP contribution is 2.38. The standard InChI is InChI=1S/C13H14Cl2N2O2/c1-8(18)17-7-9(2-3-10(19)6-14)11-4-5-12(15)16-13(11)17/h4-5,9H,2-3,6-7H2,1H3. The third-order valence-corrected chi connectivity index (χ3v) is 3.78. The molecule has 1 aromatic heterocycles. The molecule has 102 valence electrons. The molecule has 0 N–H and O–H groups in total. The van der Waals surface area contributed by atoms with Gasteiger partial charge in [-0.1, -0.05) is 17.7 Å². The molecule has 0 saturated carbocycles. The van der Waals surface area contributed by atoms with Gasteiger partial charge in [0.25, 0.3) is 0 Å². The van der Waals surface area contributed by atoms with E-state index < -0.39 is 0 Å². The average molecular weight is 301 g/mol. The average Bonchev–Trinajstić information content (AvgIpc) is 2.74. The van der Waals surface area contributed by atoms with Crippen molar-refractivity contribution in [3.63, 3.8) is 0 Å². The number of hydrogen-bond donors (Lipinski definition) is 0. The Bertz CT molecular complexity index is 519. The summed E-state index contributed by atoms with van der Waals surface area (Å²) in [5.74, 6) is 0.724. The lowest BCUT2D eigenvalue weighted by Gasteiger charge is -2.14. The molecule has 0 fully saturated rings. The second kappa shape index (κ2) is 5.88. The van der Waals surface area contributed by atoms with Crippen LogP contribution in [0.15, 0.2) is 12.1 Å². The number of amides is 1. The van der Waals surface area contributed by atoms with Crippen LogP contribution in [-0.2, 0) is 9.59 Å². The first-order valence-corrected chi connectivity index (χ1v) is 6.96. The van der Waals surface area contributed by atoms with Crippen molar-refractivity contribution in [2.24, 2.45) is 0 Å². The zero-order valence-corrected chi connectivity index (χ0v) is 12.0. The number of pyridine rings is 1. The minimum absolute atomic E-state index is 0.0198. The molecule has 1 amide bonds. The fourth-order valence-corrected chi connectivity index (χ4v) is 2.58. The molecular weight excluding hydrogens is 287 g/mol. The normalized spacial score (nSPS) is 17.4. The van der Waals surface area contributed by atoms with Crippen LogP contribution in [0.3, 0.4) is 0 Å². The molecule has 2 heterocycles. The van der Waals surface area contributed by atoms with E-state index >= 15 is 0 Å². The van der Waals surface area contributed by atoms with Crippen molar-refractivity contribution < 1.29 is 9.59 Å². The van der Waals surface area contributed by atoms with Gasteiger partial charge in [-0.3, -0.25) is 14.5 Å². The number of carbonyl (C=O) groups excluding carboxylic acids is 2. The van der Waals surface area contributed by atoms with Crippen molar-refractivity contribution in [2.75, 3.05) is 17.3 Å². The Kier molecular flexibility index (Phi) is 4.42. The maximum atomic E-state index is 11.6. The molecule has 1 atom stereocenters. The summed E-state index contributed by atoms with van der Waals surface area (Å²) in [6, 6.07) is 3.59. The van der Waals surface area contributed by atoms with Crippen molar-refractivity contribution in [3.8, 4) is 0 Å². The van der Waals surface area contributed by atoms with E-state index in [0.717, 1.165) is 5.56 Å². The number of alkyl halides is 1. The van der Waals surface area contributed by atoms with Gasteiger partial charge < -0.3 is 0 Å². The van der Waals surface area contributed by atoms with E-state index in [4.69, 9.17) is 23.2 Å². The number of Topliss-reactive ketones (excluding diaryl/α,β-unsaturated/α-hetero) is 1. The van der Waals surface area contributed by atoms with Crippen molar-refractivity contribution in [2.45, 2.75) is 25.7 Å². The topological polar surface area (TPSA) is 50.3 Å². The van der Waals surface area contributed by atoms with E-state index in [1.807, 2.05) is 6.07 Å². The molecule has 0 saturated heterocycles. The summed E-state index contributed by atoms with van der Waals surface area (Å²) in [5.41, 5.74) is 0.974. The Hall–Kier alpha value is -1.13. The lowest BCUT2D eigenvalue weighted by Crippen LogP contribution is -2.27. The van der Waals surface area contributed by atoms with Crippen LogP contribution in [0.1, 0.15) is 31.2 Å². The Labute approximate surface area is 121 Å². The molecule has 0 bridgehead atoms. The molecule has 1 aliphatic heterocycles. The lowest BCUT2D eigenvalue weighted by molar-refractivity contribution is -0.117. The van der Waals surface area contributed by atoms with Crippen LogP contribution in [0.2, 0.25) is 5.15 Å². The van der Waals surface area contributed by atoms with E-state index in [2.05, 4.69) is 4.98 Å². The first kappa shape index (κ1) is 14.3. The van der Waals surface area contributed by atoms with Gasteiger partial charge in [-0.15, -0.1) is 11.6 Å². The second-order valence-electron chi connectivity index (χ2n) is 4.58. The third kappa shape index (κ3) is 3.07. The molecule has 6 heteroatoms. The maximum Gasteiger partial charge on any atom is 0.225 e. The summed E-state index contributed by atoms with van der Waals surface area (Å²) in [6.07, 6.45) is 1.09. The predicted octanol–water partition coefficient (Wildman–Crippen LogP) is 2.77. The molecule has 1 aliphatic rings. The fourth-order valence-electron chi connectivity index (χ4n) is 2.30. The Morgan fingerprint density at radius 1 is 1.47 bits per heavy atom. The van der Waals surface area contributed by atoms with E-state index in [9.17, 15) is 9.59 Å². The largest absolute Gasteiger partial charge is 0.298 e. The fraction of sp³-hybridized carbons (Fsp3) is 0.462. The van der Waals surface area contributed by atoms with Gasteiger partial charge in [0.1, 0.15) is 16.8 Å². The van der Waals surface area contributed by atoms with E-state index in [1.165, 1.54) is 6.92 Å². The minimum Gasteiger partial charge on any atom is -0.298 e. The van der Waals surface area contributed by atoms with Gasteiger partial charge in [0.15, 0.2) is 0 Å². The van der Waals surface area contributed by atoms with Crippen LogP contribution in [-0.4, -0.2) is 29.1 Å². The SMILES string of the molecule is CC(=O)N1CC(CCC(=O)CCl)c2ccc(Cl)nc21. The van der Waals surface area contributed by atoms with Gasteiger partial charge in [-0.2, -0.15) is 0 Å². The van der Waals surface area contributed by atoms with Crippen LogP contribution < -0.4 is 4.90 Å². The maximum absolute atomic E-state index is 11.6. The number of fused-ring (bicyclic) bond motifs is 1. The van der Waals surface area contributed by atoms with Crippen molar-refractivity contribution >= 4 is 40.7 Å². The van der Waals surface area contributed by atoms with Crippen molar-refractivity contribution in [1.29, 1.82) is 0 Å². The van der Waals surface area contributed by atoms with Gasteiger partial charge >= 0.3 is 0 Å². The summed E-state index contributed by atoms with van der Waals surface area (Å²) in [4.78, 5) is 28.7. The number of rotatable bonds is 4. The highest BCUT2D eigenvalue weighted by Gasteiger charge is 2.32. The number of anilines is 1. The number of aromatic nitrogens is 1. The van der Waals surface area contributed by atoms with E-state index in [0.29, 0.717) is 30.4 Å². The minimum atomic E-state index is -0.0674. The van der Waals surface area contributed by atoms with Gasteiger partial charge in [0.05, 0.1) is 5.88 Å². The third-order valence-electron chi connectivity index (χ3n) is 3.27. The Balaban J connectivity index is 2.21. The predicted molar refractivity (Wildman–Crippen MR) is 75.0 cm³/mol. The molecule has 1 unspecified atom stereocenters. The molecule has 0 spiro atoms. The number of ketones is 1. The molecule has 1 aromatic rings. The quantitative estimate of drug-likeness (QED) is 0.634. The zero-order valence-electron chi connectivity index (χ0n) is 10.5. The molecule has 4 nitrogen and oxygen atoms in total. The van der Waals surface area contributed by atoms with Gasteiger partial charge in [-0.25, -0.2) is 4.98 Å². The van der Waals surface area contributed by atoms with Crippen LogP contribution >= 0.6 is 23.2 Å². The molecule has 0 aliphatic carbocycles. The Morgan fingerprint density at radius 3 is 2.84 bits per heavy atom. The van der Waals surface area contributed by atoms with E-state index in [1.54, 1.807) is 11.0 Å². The summed E-state index contributed by atoms with van der Waals surface area (Å²) in [7, 11) is 0. The monoisotopic (exact) mass is 300 g/mol. The second-order valence-corrected chi connectivity index (χ2v) is 5.24. The summed E-state index contributed by atoms with van der Waals surface area (Å²) < 4.78 is 0. The smallest absolute Gasteiger partial charge is 0.225 e. The van der Waals surface area contributed by atoms with Crippen LogP contribution in [0.25, 0.3) is 0 Å². The van der Waals surface area contributed by atoms with Crippen LogP contribution in [0, 0.1) is 0 Å². The summed E-state index contributed by atoms with van der Waals surface area (Å²) >= 11 is 11.4. The van der Waals surface area contributed by atoms with E-state index in [-0.39, 0.29) is 23.5 Å². The van der Waals surface area contributed by atoms with Gasteiger partial charge in [-0.05, 0) is 12.5 Å². The first-order chi connectivity index (χ1) is 9.02. The zero-order chi connectivity index (χ0) is 14.0. The summed E-state index contributed by atoms with van der Waals surface area (Å²) in [5, 5.41) is 0.363. The van der Waals surface area contributed by atoms with Gasteiger partial charge in [0, 0.05) is 31.4 Å². The van der Waals surface area contributed by atoms with Crippen molar-refractivity contribution in [1.82, 2.24) is 4.98 Å². The number of nitrogens with zero attached hydrogens (tertiary/aromatic N) is 2. The lowest BCUT2D eigenvalue weighted by atomic mass is 9.97. The highest BCUT2D eigenvalue weighted by atomic mass is 35.5. The molecule has 0 radical (unpaired) electrons. The highest BCUT2D eigenvalue weighted by molar-refractivity contribution is 6.29. The number of halogens is 2. The van der Waals surface area contributed by atoms with Gasteiger partial charge in [0.2, 0.25) is 5.91 Å². The molecule has 2 rings (SSSR count). The molecule has 0 aromatic carbocycles. The van der Waals surface area contributed by atoms with Crippen LogP contribution in [0.5, 0.6) is 0 Å². The number of carbonyl (C=O) groups is 2. The molecule has 19 heavy (non-hydrogen) atoms. The number of hydrogen-bond acceptors (Lipinski definition) is 3.